The molecule has 0 bridgehead atoms. The van der Waals surface area contributed by atoms with Gasteiger partial charge in [-0.15, -0.1) is 24.0 Å². The zero-order valence-electron chi connectivity index (χ0n) is 15.4. The Kier molecular flexibility index (Phi) is 8.77. The molecule has 2 fully saturated rings. The molecule has 1 aromatic rings. The summed E-state index contributed by atoms with van der Waals surface area (Å²) >= 11 is 0. The van der Waals surface area contributed by atoms with Gasteiger partial charge in [-0.1, -0.05) is 18.6 Å². The van der Waals surface area contributed by atoms with Crippen LogP contribution >= 0.6 is 24.0 Å². The number of hydrogen-bond donors (Lipinski definition) is 3. The van der Waals surface area contributed by atoms with E-state index in [1.54, 1.807) is 24.3 Å². The maximum absolute atomic E-state index is 12.3. The smallest absolute Gasteiger partial charge is 0.240 e. The quantitative estimate of drug-likeness (QED) is 0.283. The van der Waals surface area contributed by atoms with Crippen LogP contribution < -0.4 is 15.8 Å². The number of nitrogens with one attached hydrogen (secondary N) is 2. The molecule has 1 saturated carbocycles. The minimum Gasteiger partial charge on any atom is -0.377 e. The van der Waals surface area contributed by atoms with Gasteiger partial charge in [-0.3, -0.25) is 0 Å². The monoisotopic (exact) mass is 508 g/mol. The van der Waals surface area contributed by atoms with E-state index in [0.717, 1.165) is 30.9 Å². The molecule has 4 N–H and O–H groups in total. The van der Waals surface area contributed by atoms with Crippen LogP contribution in [-0.2, 0) is 21.3 Å². The number of aliphatic imine (C=N–C) groups is 1. The van der Waals surface area contributed by atoms with Gasteiger partial charge < -0.3 is 15.8 Å². The Labute approximate surface area is 178 Å². The highest BCUT2D eigenvalue weighted by Gasteiger charge is 2.20. The molecule has 0 aromatic heterocycles. The summed E-state index contributed by atoms with van der Waals surface area (Å²) in [6.45, 7) is 2.33. The summed E-state index contributed by atoms with van der Waals surface area (Å²) in [6, 6.07) is 6.73. The third kappa shape index (κ3) is 6.88. The van der Waals surface area contributed by atoms with Crippen LogP contribution in [0.2, 0.25) is 0 Å². The summed E-state index contributed by atoms with van der Waals surface area (Å²) in [6.07, 6.45) is 5.69. The number of hydrogen-bond acceptors (Lipinski definition) is 4. The second-order valence-corrected chi connectivity index (χ2v) is 8.78. The lowest BCUT2D eigenvalue weighted by Crippen LogP contribution is -2.37. The molecule has 1 aromatic carbocycles. The maximum Gasteiger partial charge on any atom is 0.240 e. The topological polar surface area (TPSA) is 106 Å². The average molecular weight is 508 g/mol. The molecule has 0 radical (unpaired) electrons. The van der Waals surface area contributed by atoms with Crippen LogP contribution in [0.25, 0.3) is 0 Å². The van der Waals surface area contributed by atoms with Crippen molar-refractivity contribution in [3.05, 3.63) is 29.8 Å². The summed E-state index contributed by atoms with van der Waals surface area (Å²) in [4.78, 5) is 4.56. The van der Waals surface area contributed by atoms with Crippen LogP contribution in [0.1, 0.15) is 37.7 Å². The van der Waals surface area contributed by atoms with E-state index in [-0.39, 0.29) is 35.0 Å². The number of sulfonamides is 1. The van der Waals surface area contributed by atoms with Crippen molar-refractivity contribution in [1.82, 2.24) is 10.0 Å². The lowest BCUT2D eigenvalue weighted by molar-refractivity contribution is 0.114. The van der Waals surface area contributed by atoms with Crippen LogP contribution in [0.15, 0.2) is 34.2 Å². The molecule has 7 nitrogen and oxygen atoms in total. The molecular weight excluding hydrogens is 479 g/mol. The molecule has 1 atom stereocenters. The van der Waals surface area contributed by atoms with E-state index >= 15 is 0 Å². The number of benzene rings is 1. The number of ether oxygens (including phenoxy) is 1. The van der Waals surface area contributed by atoms with Crippen molar-refractivity contribution in [1.29, 1.82) is 0 Å². The maximum atomic E-state index is 12.3. The molecular formula is C18H29IN4O3S. The number of guanidine groups is 1. The number of rotatable bonds is 8. The molecule has 9 heteroatoms. The summed E-state index contributed by atoms with van der Waals surface area (Å²) in [5.41, 5.74) is 6.78. The fourth-order valence-corrected chi connectivity index (χ4v) is 4.11. The van der Waals surface area contributed by atoms with E-state index in [9.17, 15) is 8.42 Å². The molecule has 1 saturated heterocycles. The Morgan fingerprint density at radius 2 is 1.89 bits per heavy atom. The third-order valence-corrected chi connectivity index (χ3v) is 6.43. The Balaban J connectivity index is 0.00000261. The number of nitrogens with two attached hydrogens (primary N) is 1. The number of nitrogens with zero attached hydrogens (tertiary/aromatic N) is 1. The van der Waals surface area contributed by atoms with Crippen molar-refractivity contribution in [3.63, 3.8) is 0 Å². The first-order valence-electron chi connectivity index (χ1n) is 9.27. The van der Waals surface area contributed by atoms with Crippen LogP contribution in [0, 0.1) is 5.92 Å². The van der Waals surface area contributed by atoms with Gasteiger partial charge in [0.05, 0.1) is 17.5 Å². The van der Waals surface area contributed by atoms with Crippen molar-refractivity contribution in [2.75, 3.05) is 19.7 Å². The fraction of sp³-hybridized carbons (Fsp3) is 0.611. The Morgan fingerprint density at radius 1 is 1.15 bits per heavy atom. The fourth-order valence-electron chi connectivity index (χ4n) is 3.04. The van der Waals surface area contributed by atoms with Gasteiger partial charge in [0.1, 0.15) is 0 Å². The van der Waals surface area contributed by atoms with Crippen molar-refractivity contribution < 1.29 is 13.2 Å². The van der Waals surface area contributed by atoms with E-state index in [0.29, 0.717) is 25.7 Å². The highest BCUT2D eigenvalue weighted by molar-refractivity contribution is 14.0. The average Bonchev–Trinajstić information content (AvgIpc) is 3.11. The summed E-state index contributed by atoms with van der Waals surface area (Å²) in [5, 5.41) is 3.14. The van der Waals surface area contributed by atoms with Gasteiger partial charge in [-0.05, 0) is 49.3 Å². The molecule has 0 spiro atoms. The normalized spacial score (nSPS) is 20.7. The first-order valence-corrected chi connectivity index (χ1v) is 10.8. The molecule has 152 valence electrons. The SMILES string of the molecule is I.NC(=NCc1ccc(S(=O)(=O)NCC2CCCO2)cc1)NCC1CCC1. The molecule has 1 heterocycles. The van der Waals surface area contributed by atoms with Crippen LogP contribution in [0.3, 0.4) is 0 Å². The third-order valence-electron chi connectivity index (χ3n) is 4.99. The predicted molar refractivity (Wildman–Crippen MR) is 117 cm³/mol. The zero-order chi connectivity index (χ0) is 18.4. The highest BCUT2D eigenvalue weighted by Crippen LogP contribution is 2.25. The van der Waals surface area contributed by atoms with Crippen LogP contribution in [0.4, 0.5) is 0 Å². The number of halogens is 1. The lowest BCUT2D eigenvalue weighted by Gasteiger charge is -2.25. The first-order chi connectivity index (χ1) is 12.5. The largest absolute Gasteiger partial charge is 0.377 e. The van der Waals surface area contributed by atoms with Gasteiger partial charge >= 0.3 is 0 Å². The second kappa shape index (κ2) is 10.6. The highest BCUT2D eigenvalue weighted by atomic mass is 127. The summed E-state index contributed by atoms with van der Waals surface area (Å²) in [5.74, 6) is 1.15. The molecule has 3 rings (SSSR count). The van der Waals surface area contributed by atoms with Crippen molar-refractivity contribution in [2.45, 2.75) is 49.6 Å². The summed E-state index contributed by atoms with van der Waals surface area (Å²) in [7, 11) is -3.51. The Bertz CT molecular complexity index is 715. The molecule has 1 unspecified atom stereocenters. The lowest BCUT2D eigenvalue weighted by atomic mass is 9.85. The van der Waals surface area contributed by atoms with Gasteiger partial charge in [-0.25, -0.2) is 18.1 Å². The second-order valence-electron chi connectivity index (χ2n) is 7.01. The van der Waals surface area contributed by atoms with E-state index in [1.165, 1.54) is 19.3 Å². The van der Waals surface area contributed by atoms with Gasteiger partial charge in [0.2, 0.25) is 10.0 Å². The van der Waals surface area contributed by atoms with Crippen molar-refractivity contribution in [2.24, 2.45) is 16.6 Å². The molecule has 1 aliphatic carbocycles. The van der Waals surface area contributed by atoms with E-state index in [2.05, 4.69) is 15.0 Å². The molecule has 27 heavy (non-hydrogen) atoms. The van der Waals surface area contributed by atoms with Gasteiger partial charge in [0, 0.05) is 19.7 Å². The van der Waals surface area contributed by atoms with E-state index in [4.69, 9.17) is 10.5 Å². The Morgan fingerprint density at radius 3 is 2.48 bits per heavy atom. The minimum atomic E-state index is -3.51. The standard InChI is InChI=1S/C18H28N4O3S.HI/c19-18(20-11-14-3-1-4-14)21-12-15-6-8-17(9-7-15)26(23,24)22-13-16-5-2-10-25-16;/h6-9,14,16,22H,1-5,10-13H2,(H3,19,20,21);1H. The molecule has 1 aliphatic heterocycles. The zero-order valence-corrected chi connectivity index (χ0v) is 18.5. The van der Waals surface area contributed by atoms with Crippen LogP contribution in [-0.4, -0.2) is 40.2 Å². The van der Waals surface area contributed by atoms with Crippen LogP contribution in [0.5, 0.6) is 0 Å². The first kappa shape index (κ1) is 22.4. The minimum absolute atomic E-state index is 0. The van der Waals surface area contributed by atoms with Gasteiger partial charge in [0.25, 0.3) is 0 Å². The summed E-state index contributed by atoms with van der Waals surface area (Å²) < 4.78 is 32.7. The molecule has 2 aliphatic rings. The van der Waals surface area contributed by atoms with Crippen molar-refractivity contribution in [3.8, 4) is 0 Å². The van der Waals surface area contributed by atoms with E-state index < -0.39 is 10.0 Å². The van der Waals surface area contributed by atoms with Crippen molar-refractivity contribution >= 4 is 40.0 Å². The Hall–Kier alpha value is -0.910. The van der Waals surface area contributed by atoms with Gasteiger partial charge in [-0.2, -0.15) is 0 Å². The predicted octanol–water partition coefficient (Wildman–Crippen LogP) is 1.97. The van der Waals surface area contributed by atoms with Gasteiger partial charge in [0.15, 0.2) is 5.96 Å². The van der Waals surface area contributed by atoms with E-state index in [1.807, 2.05) is 0 Å². The molecule has 0 amide bonds.